The molecule has 0 aliphatic carbocycles. The first-order valence-electron chi connectivity index (χ1n) is 6.41. The maximum atomic E-state index is 11.9. The van der Waals surface area contributed by atoms with Crippen molar-refractivity contribution in [2.75, 3.05) is 18.5 Å². The van der Waals surface area contributed by atoms with E-state index in [-0.39, 0.29) is 18.9 Å². The number of hydrogen-bond acceptors (Lipinski definition) is 7. The summed E-state index contributed by atoms with van der Waals surface area (Å²) < 4.78 is 5.02. The van der Waals surface area contributed by atoms with Crippen molar-refractivity contribution in [3.63, 3.8) is 0 Å². The summed E-state index contributed by atoms with van der Waals surface area (Å²) in [6, 6.07) is 0. The van der Waals surface area contributed by atoms with E-state index < -0.39 is 5.97 Å². The number of nitrogens with one attached hydrogen (secondary N) is 1. The molecule has 112 valence electrons. The van der Waals surface area contributed by atoms with E-state index >= 15 is 0 Å². The molecule has 8 heteroatoms. The molecule has 0 aromatic carbocycles. The third-order valence-electron chi connectivity index (χ3n) is 2.82. The molecule has 7 nitrogen and oxygen atoms in total. The van der Waals surface area contributed by atoms with Crippen LogP contribution in [0.1, 0.15) is 28.6 Å². The summed E-state index contributed by atoms with van der Waals surface area (Å²) in [7, 11) is 0. The Labute approximate surface area is 125 Å². The quantitative estimate of drug-likeness (QED) is 0.787. The number of carboxylic acids is 1. The minimum Gasteiger partial charge on any atom is -0.481 e. The number of anilines is 1. The average Bonchev–Trinajstić information content (AvgIpc) is 2.77. The maximum absolute atomic E-state index is 11.9. The van der Waals surface area contributed by atoms with Crippen molar-refractivity contribution < 1.29 is 19.4 Å². The number of aryl methyl sites for hydroxylation is 1. The number of aliphatic carboxylic acids is 1. The lowest BCUT2D eigenvalue weighted by Crippen LogP contribution is -2.09. The number of carbonyl (C=O) groups excluding carboxylic acids is 1. The Balaban J connectivity index is 2.35. The zero-order chi connectivity index (χ0) is 15.4. The Bertz CT molecular complexity index is 683. The van der Waals surface area contributed by atoms with Gasteiger partial charge in [-0.05, 0) is 19.4 Å². The smallest absolute Gasteiger partial charge is 0.348 e. The second-order valence-electron chi connectivity index (χ2n) is 4.25. The Morgan fingerprint density at radius 1 is 1.43 bits per heavy atom. The number of thiophene rings is 1. The Morgan fingerprint density at radius 3 is 2.86 bits per heavy atom. The van der Waals surface area contributed by atoms with Gasteiger partial charge >= 0.3 is 11.9 Å². The van der Waals surface area contributed by atoms with Gasteiger partial charge in [0.25, 0.3) is 0 Å². The zero-order valence-corrected chi connectivity index (χ0v) is 12.5. The molecule has 2 aromatic heterocycles. The molecule has 0 spiro atoms. The van der Waals surface area contributed by atoms with E-state index in [2.05, 4.69) is 15.3 Å². The van der Waals surface area contributed by atoms with Crippen molar-refractivity contribution in [1.82, 2.24) is 9.97 Å². The van der Waals surface area contributed by atoms with Gasteiger partial charge in [0.2, 0.25) is 0 Å². The third-order valence-corrected chi connectivity index (χ3v) is 4.00. The van der Waals surface area contributed by atoms with Crippen LogP contribution in [0.15, 0.2) is 6.33 Å². The number of carbonyl (C=O) groups is 2. The molecule has 0 aliphatic heterocycles. The van der Waals surface area contributed by atoms with Crippen LogP contribution in [0.25, 0.3) is 10.2 Å². The number of fused-ring (bicyclic) bond motifs is 1. The minimum absolute atomic E-state index is 0.0145. The molecule has 0 bridgehead atoms. The lowest BCUT2D eigenvalue weighted by Gasteiger charge is -2.05. The van der Waals surface area contributed by atoms with E-state index in [1.54, 1.807) is 13.8 Å². The van der Waals surface area contributed by atoms with Crippen LogP contribution < -0.4 is 5.32 Å². The molecular weight excluding hydrogens is 294 g/mol. The Morgan fingerprint density at radius 2 is 2.19 bits per heavy atom. The lowest BCUT2D eigenvalue weighted by atomic mass is 10.2. The standard InChI is InChI=1S/C13H15N3O4S/c1-3-20-13(19)10-7(2)9-11(14-5-4-8(17)18)15-6-16-12(9)21-10/h6H,3-5H2,1-2H3,(H,17,18)(H,14,15,16). The summed E-state index contributed by atoms with van der Waals surface area (Å²) in [6.07, 6.45) is 1.37. The van der Waals surface area contributed by atoms with Gasteiger partial charge in [-0.1, -0.05) is 0 Å². The van der Waals surface area contributed by atoms with Gasteiger partial charge in [0, 0.05) is 6.54 Å². The summed E-state index contributed by atoms with van der Waals surface area (Å²) in [5.74, 6) is -0.734. The molecule has 0 radical (unpaired) electrons. The maximum Gasteiger partial charge on any atom is 0.348 e. The molecule has 2 rings (SSSR count). The minimum atomic E-state index is -0.887. The van der Waals surface area contributed by atoms with Crippen LogP contribution in [0, 0.1) is 6.92 Å². The lowest BCUT2D eigenvalue weighted by molar-refractivity contribution is -0.136. The van der Waals surface area contributed by atoms with Gasteiger partial charge < -0.3 is 15.2 Å². The van der Waals surface area contributed by atoms with Gasteiger partial charge in [-0.25, -0.2) is 14.8 Å². The molecule has 0 unspecified atom stereocenters. The van der Waals surface area contributed by atoms with Crippen LogP contribution in [-0.2, 0) is 9.53 Å². The van der Waals surface area contributed by atoms with Crippen molar-refractivity contribution in [1.29, 1.82) is 0 Å². The highest BCUT2D eigenvalue weighted by Crippen LogP contribution is 2.33. The average molecular weight is 309 g/mol. The first-order chi connectivity index (χ1) is 10.0. The molecule has 2 heterocycles. The number of aromatic nitrogens is 2. The van der Waals surface area contributed by atoms with Crippen LogP contribution in [-0.4, -0.2) is 40.2 Å². The second kappa shape index (κ2) is 6.49. The molecular formula is C13H15N3O4S. The number of carboxylic acid groups (broad SMARTS) is 1. The fourth-order valence-electron chi connectivity index (χ4n) is 1.88. The molecule has 0 amide bonds. The summed E-state index contributed by atoms with van der Waals surface area (Å²) in [4.78, 5) is 31.9. The van der Waals surface area contributed by atoms with Crippen molar-refractivity contribution in [3.8, 4) is 0 Å². The summed E-state index contributed by atoms with van der Waals surface area (Å²) in [5, 5.41) is 12.4. The van der Waals surface area contributed by atoms with Crippen molar-refractivity contribution in [3.05, 3.63) is 16.8 Å². The molecule has 2 N–H and O–H groups in total. The summed E-state index contributed by atoms with van der Waals surface area (Å²) >= 11 is 1.24. The first kappa shape index (κ1) is 15.2. The second-order valence-corrected chi connectivity index (χ2v) is 5.25. The highest BCUT2D eigenvalue weighted by molar-refractivity contribution is 7.20. The predicted molar refractivity (Wildman–Crippen MR) is 78.9 cm³/mol. The number of esters is 1. The van der Waals surface area contributed by atoms with Crippen LogP contribution in [0.4, 0.5) is 5.82 Å². The normalized spacial score (nSPS) is 10.6. The van der Waals surface area contributed by atoms with Gasteiger partial charge in [-0.3, -0.25) is 4.79 Å². The van der Waals surface area contributed by atoms with Gasteiger partial charge in [0.05, 0.1) is 18.4 Å². The molecule has 21 heavy (non-hydrogen) atoms. The van der Waals surface area contributed by atoms with E-state index in [1.165, 1.54) is 17.7 Å². The Hall–Kier alpha value is -2.22. The fraction of sp³-hybridized carbons (Fsp3) is 0.385. The van der Waals surface area contributed by atoms with Gasteiger partial charge in [-0.2, -0.15) is 0 Å². The molecule has 0 saturated carbocycles. The van der Waals surface area contributed by atoms with Crippen LogP contribution in [0.5, 0.6) is 0 Å². The summed E-state index contributed by atoms with van der Waals surface area (Å²) in [5.41, 5.74) is 0.742. The van der Waals surface area contributed by atoms with Gasteiger partial charge in [0.15, 0.2) is 0 Å². The molecule has 2 aromatic rings. The van der Waals surface area contributed by atoms with Gasteiger partial charge in [0.1, 0.15) is 21.9 Å². The van der Waals surface area contributed by atoms with E-state index in [0.717, 1.165) is 10.9 Å². The monoisotopic (exact) mass is 309 g/mol. The van der Waals surface area contributed by atoms with Crippen molar-refractivity contribution in [2.45, 2.75) is 20.3 Å². The van der Waals surface area contributed by atoms with Crippen molar-refractivity contribution >= 4 is 39.3 Å². The number of ether oxygens (including phenoxy) is 1. The SMILES string of the molecule is CCOC(=O)c1sc2ncnc(NCCC(=O)O)c2c1C. The number of nitrogens with zero attached hydrogens (tertiary/aromatic N) is 2. The third kappa shape index (κ3) is 3.27. The largest absolute Gasteiger partial charge is 0.481 e. The molecule has 0 saturated heterocycles. The van der Waals surface area contributed by atoms with Crippen LogP contribution in [0.2, 0.25) is 0 Å². The molecule has 0 atom stereocenters. The summed E-state index contributed by atoms with van der Waals surface area (Å²) in [6.45, 7) is 4.11. The first-order valence-corrected chi connectivity index (χ1v) is 7.23. The highest BCUT2D eigenvalue weighted by Gasteiger charge is 2.20. The van der Waals surface area contributed by atoms with Crippen molar-refractivity contribution in [2.24, 2.45) is 0 Å². The van der Waals surface area contributed by atoms with Crippen LogP contribution >= 0.6 is 11.3 Å². The number of rotatable bonds is 6. The van der Waals surface area contributed by atoms with E-state index in [9.17, 15) is 9.59 Å². The highest BCUT2D eigenvalue weighted by atomic mass is 32.1. The van der Waals surface area contributed by atoms with E-state index in [0.29, 0.717) is 22.1 Å². The van der Waals surface area contributed by atoms with Crippen LogP contribution in [0.3, 0.4) is 0 Å². The zero-order valence-electron chi connectivity index (χ0n) is 11.7. The van der Waals surface area contributed by atoms with E-state index in [1.807, 2.05) is 0 Å². The Kier molecular flexibility index (Phi) is 4.69. The molecule has 0 aliphatic rings. The fourth-order valence-corrected chi connectivity index (χ4v) is 2.93. The topological polar surface area (TPSA) is 101 Å². The number of hydrogen-bond donors (Lipinski definition) is 2. The van der Waals surface area contributed by atoms with Gasteiger partial charge in [-0.15, -0.1) is 11.3 Å². The van der Waals surface area contributed by atoms with E-state index in [4.69, 9.17) is 9.84 Å². The predicted octanol–water partition coefficient (Wildman–Crippen LogP) is 2.06. The molecule has 0 fully saturated rings.